The number of alkyl halides is 1. The summed E-state index contributed by atoms with van der Waals surface area (Å²) in [4.78, 5) is 4.40. The van der Waals surface area contributed by atoms with E-state index in [4.69, 9.17) is 11.6 Å². The smallest absolute Gasteiger partial charge is 0.139 e. The van der Waals surface area contributed by atoms with Crippen LogP contribution in [0.5, 0.6) is 0 Å². The van der Waals surface area contributed by atoms with Crippen LogP contribution in [-0.4, -0.2) is 19.3 Å². The largest absolute Gasteiger partial charge is 0.327 e. The van der Waals surface area contributed by atoms with E-state index < -0.39 is 0 Å². The highest BCUT2D eigenvalue weighted by Crippen LogP contribution is 2.25. The van der Waals surface area contributed by atoms with E-state index in [1.54, 1.807) is 12.3 Å². The minimum absolute atomic E-state index is 0.301. The number of hydrogen-bond donors (Lipinski definition) is 0. The van der Waals surface area contributed by atoms with E-state index in [0.717, 1.165) is 30.9 Å². The SMILES string of the molecule is Fc1cc2nc(CCl)n(CCCn3cccn3)c2cc1Br. The van der Waals surface area contributed by atoms with E-state index in [2.05, 4.69) is 26.0 Å². The van der Waals surface area contributed by atoms with Crippen LogP contribution in [0, 0.1) is 5.82 Å². The molecule has 0 fully saturated rings. The molecular weight excluding hydrogens is 359 g/mol. The predicted octanol–water partition coefficient (Wildman–Crippen LogP) is 3.96. The Labute approximate surface area is 134 Å². The molecule has 0 saturated heterocycles. The average molecular weight is 372 g/mol. The van der Waals surface area contributed by atoms with Gasteiger partial charge in [-0.3, -0.25) is 4.68 Å². The van der Waals surface area contributed by atoms with E-state index in [1.807, 2.05) is 21.5 Å². The van der Waals surface area contributed by atoms with E-state index in [9.17, 15) is 4.39 Å². The van der Waals surface area contributed by atoms with Gasteiger partial charge in [0.25, 0.3) is 0 Å². The number of hydrogen-bond acceptors (Lipinski definition) is 2. The van der Waals surface area contributed by atoms with E-state index in [0.29, 0.717) is 15.9 Å². The molecule has 3 aromatic rings. The van der Waals surface area contributed by atoms with Crippen LogP contribution in [0.15, 0.2) is 35.1 Å². The summed E-state index contributed by atoms with van der Waals surface area (Å²) in [6, 6.07) is 5.08. The van der Waals surface area contributed by atoms with Gasteiger partial charge in [-0.05, 0) is 34.5 Å². The Hall–Kier alpha value is -1.40. The third-order valence-electron chi connectivity index (χ3n) is 3.32. The van der Waals surface area contributed by atoms with Crippen molar-refractivity contribution in [2.75, 3.05) is 0 Å². The topological polar surface area (TPSA) is 35.6 Å². The highest BCUT2D eigenvalue weighted by Gasteiger charge is 2.12. The van der Waals surface area contributed by atoms with Gasteiger partial charge in [0, 0.05) is 31.5 Å². The predicted molar refractivity (Wildman–Crippen MR) is 83.8 cm³/mol. The summed E-state index contributed by atoms with van der Waals surface area (Å²) < 4.78 is 17.9. The summed E-state index contributed by atoms with van der Waals surface area (Å²) >= 11 is 9.17. The molecule has 1 aromatic carbocycles. The first kappa shape index (κ1) is 14.5. The van der Waals surface area contributed by atoms with Crippen LogP contribution in [0.2, 0.25) is 0 Å². The third-order valence-corrected chi connectivity index (χ3v) is 4.16. The molecule has 0 N–H and O–H groups in total. The average Bonchev–Trinajstić information content (AvgIpc) is 3.08. The van der Waals surface area contributed by atoms with Gasteiger partial charge in [-0.2, -0.15) is 5.10 Å². The molecule has 0 bridgehead atoms. The standard InChI is InChI=1S/C14H13BrClFN4/c15-10-7-13-12(8-11(10)17)19-14(9-16)21(13)6-2-5-20-4-1-3-18-20/h1,3-4,7-8H,2,5-6,9H2. The van der Waals surface area contributed by atoms with Crippen molar-refractivity contribution in [1.29, 1.82) is 0 Å². The van der Waals surface area contributed by atoms with Crippen molar-refractivity contribution >= 4 is 38.6 Å². The first-order chi connectivity index (χ1) is 10.2. The van der Waals surface area contributed by atoms with Gasteiger partial charge in [0.2, 0.25) is 0 Å². The molecule has 0 aliphatic rings. The zero-order valence-electron chi connectivity index (χ0n) is 11.1. The number of aryl methyl sites for hydroxylation is 2. The second-order valence-electron chi connectivity index (χ2n) is 4.69. The molecule has 110 valence electrons. The second-order valence-corrected chi connectivity index (χ2v) is 5.81. The lowest BCUT2D eigenvalue weighted by Crippen LogP contribution is -2.07. The van der Waals surface area contributed by atoms with Crippen molar-refractivity contribution in [2.45, 2.75) is 25.4 Å². The molecule has 0 unspecified atom stereocenters. The molecule has 2 aromatic heterocycles. The van der Waals surface area contributed by atoms with Gasteiger partial charge in [-0.1, -0.05) is 0 Å². The highest BCUT2D eigenvalue weighted by molar-refractivity contribution is 9.10. The molecule has 21 heavy (non-hydrogen) atoms. The maximum Gasteiger partial charge on any atom is 0.139 e. The lowest BCUT2D eigenvalue weighted by molar-refractivity contribution is 0.526. The molecule has 0 amide bonds. The number of nitrogens with zero attached hydrogens (tertiary/aromatic N) is 4. The second kappa shape index (κ2) is 6.15. The van der Waals surface area contributed by atoms with Crippen LogP contribution in [0.3, 0.4) is 0 Å². The third kappa shape index (κ3) is 2.96. The first-order valence-electron chi connectivity index (χ1n) is 6.56. The maximum atomic E-state index is 13.6. The number of fused-ring (bicyclic) bond motifs is 1. The lowest BCUT2D eigenvalue weighted by Gasteiger charge is -2.08. The molecule has 0 spiro atoms. The van der Waals surface area contributed by atoms with E-state index in [-0.39, 0.29) is 5.82 Å². The maximum absolute atomic E-state index is 13.6. The molecular formula is C14H13BrClFN4. The molecule has 2 heterocycles. The van der Waals surface area contributed by atoms with Crippen LogP contribution in [-0.2, 0) is 19.0 Å². The van der Waals surface area contributed by atoms with Crippen LogP contribution in [0.25, 0.3) is 11.0 Å². The van der Waals surface area contributed by atoms with Gasteiger partial charge < -0.3 is 4.57 Å². The van der Waals surface area contributed by atoms with Crippen LogP contribution in [0.4, 0.5) is 4.39 Å². The van der Waals surface area contributed by atoms with Crippen molar-refractivity contribution < 1.29 is 4.39 Å². The number of rotatable bonds is 5. The van der Waals surface area contributed by atoms with Crippen LogP contribution in [0.1, 0.15) is 12.2 Å². The fourth-order valence-electron chi connectivity index (χ4n) is 2.35. The normalized spacial score (nSPS) is 11.4. The number of imidazole rings is 1. The zero-order chi connectivity index (χ0) is 14.8. The molecule has 3 rings (SSSR count). The summed E-state index contributed by atoms with van der Waals surface area (Å²) in [6.45, 7) is 1.58. The fourth-order valence-corrected chi connectivity index (χ4v) is 2.88. The van der Waals surface area contributed by atoms with Crippen molar-refractivity contribution in [2.24, 2.45) is 0 Å². The molecule has 4 nitrogen and oxygen atoms in total. The Bertz CT molecular complexity index is 754. The molecule has 0 saturated carbocycles. The summed E-state index contributed by atoms with van der Waals surface area (Å²) in [5.41, 5.74) is 1.52. The highest BCUT2D eigenvalue weighted by atomic mass is 79.9. The number of aromatic nitrogens is 4. The first-order valence-corrected chi connectivity index (χ1v) is 7.89. The number of halogens is 3. The van der Waals surface area contributed by atoms with Gasteiger partial charge >= 0.3 is 0 Å². The Morgan fingerprint density at radius 3 is 2.86 bits per heavy atom. The molecule has 0 aliphatic heterocycles. The van der Waals surface area contributed by atoms with E-state index >= 15 is 0 Å². The van der Waals surface area contributed by atoms with Crippen LogP contribution >= 0.6 is 27.5 Å². The van der Waals surface area contributed by atoms with E-state index in [1.165, 1.54) is 6.07 Å². The Kier molecular flexibility index (Phi) is 4.26. The van der Waals surface area contributed by atoms with Crippen molar-refractivity contribution in [3.05, 3.63) is 46.7 Å². The zero-order valence-corrected chi connectivity index (χ0v) is 13.5. The monoisotopic (exact) mass is 370 g/mol. The van der Waals surface area contributed by atoms with Gasteiger partial charge in [0.05, 0.1) is 21.4 Å². The van der Waals surface area contributed by atoms with Crippen molar-refractivity contribution in [3.63, 3.8) is 0 Å². The van der Waals surface area contributed by atoms with Gasteiger partial charge in [0.1, 0.15) is 11.6 Å². The fraction of sp³-hybridized carbons (Fsp3) is 0.286. The van der Waals surface area contributed by atoms with Crippen molar-refractivity contribution in [1.82, 2.24) is 19.3 Å². The molecule has 0 radical (unpaired) electrons. The van der Waals surface area contributed by atoms with Crippen molar-refractivity contribution in [3.8, 4) is 0 Å². The molecule has 0 atom stereocenters. The Morgan fingerprint density at radius 2 is 2.14 bits per heavy atom. The Morgan fingerprint density at radius 1 is 1.29 bits per heavy atom. The minimum atomic E-state index is -0.315. The summed E-state index contributed by atoms with van der Waals surface area (Å²) in [5.74, 6) is 0.741. The lowest BCUT2D eigenvalue weighted by atomic mass is 10.3. The minimum Gasteiger partial charge on any atom is -0.327 e. The summed E-state index contributed by atoms with van der Waals surface area (Å²) in [7, 11) is 0. The van der Waals surface area contributed by atoms with Crippen LogP contribution < -0.4 is 0 Å². The quantitative estimate of drug-likeness (QED) is 0.636. The Balaban J connectivity index is 1.87. The van der Waals surface area contributed by atoms with Gasteiger partial charge in [-0.15, -0.1) is 11.6 Å². The summed E-state index contributed by atoms with van der Waals surface area (Å²) in [5, 5.41) is 4.17. The summed E-state index contributed by atoms with van der Waals surface area (Å²) in [6.07, 6.45) is 4.59. The molecule has 0 aliphatic carbocycles. The number of benzene rings is 1. The van der Waals surface area contributed by atoms with Gasteiger partial charge in [-0.25, -0.2) is 9.37 Å². The van der Waals surface area contributed by atoms with Gasteiger partial charge in [0.15, 0.2) is 0 Å². The molecule has 7 heteroatoms.